The Morgan fingerprint density at radius 3 is 2.88 bits per heavy atom. The summed E-state index contributed by atoms with van der Waals surface area (Å²) in [6.45, 7) is 2.08. The molecule has 0 aliphatic carbocycles. The van der Waals surface area contributed by atoms with E-state index in [-0.39, 0.29) is 0 Å². The first-order valence-corrected chi connectivity index (χ1v) is 7.16. The molecule has 0 aliphatic heterocycles. The van der Waals surface area contributed by atoms with Crippen LogP contribution in [0.3, 0.4) is 0 Å². The zero-order chi connectivity index (χ0) is 12.3. The van der Waals surface area contributed by atoms with Gasteiger partial charge in [-0.1, -0.05) is 6.92 Å². The number of rotatable bonds is 4. The van der Waals surface area contributed by atoms with E-state index in [4.69, 9.17) is 0 Å². The van der Waals surface area contributed by atoms with Crippen LogP contribution in [-0.2, 0) is 12.8 Å². The molecule has 1 N–H and O–H groups in total. The molecule has 0 radical (unpaired) electrons. The fourth-order valence-electron chi connectivity index (χ4n) is 1.82. The Kier molecular flexibility index (Phi) is 4.31. The summed E-state index contributed by atoms with van der Waals surface area (Å²) in [4.78, 5) is 5.28. The van der Waals surface area contributed by atoms with Gasteiger partial charge in [0.1, 0.15) is 0 Å². The molecule has 2 nitrogen and oxygen atoms in total. The SMILES string of the molecule is CCc1cnccc1C(O)Cc1ccc(Br)s1. The zero-order valence-corrected chi connectivity index (χ0v) is 12.0. The van der Waals surface area contributed by atoms with E-state index in [1.807, 2.05) is 24.4 Å². The quantitative estimate of drug-likeness (QED) is 0.933. The van der Waals surface area contributed by atoms with Gasteiger partial charge in [-0.3, -0.25) is 4.98 Å². The van der Waals surface area contributed by atoms with Crippen molar-refractivity contribution in [2.75, 3.05) is 0 Å². The molecule has 2 rings (SSSR count). The normalized spacial score (nSPS) is 12.6. The topological polar surface area (TPSA) is 33.1 Å². The van der Waals surface area contributed by atoms with E-state index >= 15 is 0 Å². The minimum absolute atomic E-state index is 0.446. The number of thiophene rings is 1. The van der Waals surface area contributed by atoms with Gasteiger partial charge in [-0.25, -0.2) is 0 Å². The van der Waals surface area contributed by atoms with Crippen LogP contribution in [0, 0.1) is 0 Å². The molecular weight excluding hydrogens is 298 g/mol. The lowest BCUT2D eigenvalue weighted by molar-refractivity contribution is 0.178. The second-order valence-electron chi connectivity index (χ2n) is 3.85. The number of aliphatic hydroxyl groups excluding tert-OH is 1. The van der Waals surface area contributed by atoms with E-state index in [1.54, 1.807) is 17.5 Å². The molecule has 0 fully saturated rings. The van der Waals surface area contributed by atoms with Crippen LogP contribution in [0.25, 0.3) is 0 Å². The molecule has 17 heavy (non-hydrogen) atoms. The van der Waals surface area contributed by atoms with E-state index in [9.17, 15) is 5.11 Å². The molecule has 0 saturated heterocycles. The van der Waals surface area contributed by atoms with Crippen LogP contribution in [-0.4, -0.2) is 10.1 Å². The average Bonchev–Trinajstić information content (AvgIpc) is 2.74. The van der Waals surface area contributed by atoms with Crippen molar-refractivity contribution in [3.63, 3.8) is 0 Å². The summed E-state index contributed by atoms with van der Waals surface area (Å²) >= 11 is 5.10. The predicted octanol–water partition coefficient (Wildman–Crippen LogP) is 3.74. The molecule has 1 unspecified atom stereocenters. The van der Waals surface area contributed by atoms with Crippen LogP contribution in [0.4, 0.5) is 0 Å². The first-order chi connectivity index (χ1) is 8.20. The van der Waals surface area contributed by atoms with Crippen LogP contribution in [0.2, 0.25) is 0 Å². The third-order valence-electron chi connectivity index (χ3n) is 2.70. The molecule has 4 heteroatoms. The summed E-state index contributed by atoms with van der Waals surface area (Å²) in [5, 5.41) is 10.3. The second-order valence-corrected chi connectivity index (χ2v) is 6.40. The fraction of sp³-hybridized carbons (Fsp3) is 0.308. The Morgan fingerprint density at radius 2 is 2.24 bits per heavy atom. The summed E-state index contributed by atoms with van der Waals surface area (Å²) < 4.78 is 1.10. The van der Waals surface area contributed by atoms with Crippen molar-refractivity contribution >= 4 is 27.3 Å². The summed E-state index contributed by atoms with van der Waals surface area (Å²) in [5.41, 5.74) is 2.11. The number of aromatic nitrogens is 1. The van der Waals surface area contributed by atoms with Crippen molar-refractivity contribution in [1.82, 2.24) is 4.98 Å². The second kappa shape index (κ2) is 5.76. The van der Waals surface area contributed by atoms with Crippen LogP contribution in [0.5, 0.6) is 0 Å². The van der Waals surface area contributed by atoms with Gasteiger partial charge in [-0.15, -0.1) is 11.3 Å². The molecule has 2 aromatic heterocycles. The number of halogens is 1. The number of nitrogens with zero attached hydrogens (tertiary/aromatic N) is 1. The number of aryl methyl sites for hydroxylation is 1. The van der Waals surface area contributed by atoms with Crippen LogP contribution < -0.4 is 0 Å². The maximum atomic E-state index is 10.3. The fourth-order valence-corrected chi connectivity index (χ4v) is 3.34. The van der Waals surface area contributed by atoms with Crippen molar-refractivity contribution in [3.05, 3.63) is 50.4 Å². The largest absolute Gasteiger partial charge is 0.388 e. The standard InChI is InChI=1S/C13H14BrNOS/c1-2-9-8-15-6-5-11(9)12(16)7-10-3-4-13(14)17-10/h3-6,8,12,16H,2,7H2,1H3. The maximum absolute atomic E-state index is 10.3. The highest BCUT2D eigenvalue weighted by Crippen LogP contribution is 2.28. The Labute approximate surface area is 113 Å². The third kappa shape index (κ3) is 3.15. The van der Waals surface area contributed by atoms with E-state index < -0.39 is 6.10 Å². The molecular formula is C13H14BrNOS. The van der Waals surface area contributed by atoms with Crippen LogP contribution in [0.1, 0.15) is 29.0 Å². The molecule has 1 atom stereocenters. The Bertz CT molecular complexity index is 498. The van der Waals surface area contributed by atoms with Gasteiger partial charge in [0.25, 0.3) is 0 Å². The van der Waals surface area contributed by atoms with Crippen molar-refractivity contribution < 1.29 is 5.11 Å². The lowest BCUT2D eigenvalue weighted by Crippen LogP contribution is -2.04. The molecule has 0 aliphatic rings. The molecule has 0 bridgehead atoms. The third-order valence-corrected chi connectivity index (χ3v) is 4.35. The maximum Gasteiger partial charge on any atom is 0.0842 e. The molecule has 0 amide bonds. The van der Waals surface area contributed by atoms with Crippen molar-refractivity contribution in [1.29, 1.82) is 0 Å². The first-order valence-electron chi connectivity index (χ1n) is 5.55. The molecule has 0 aromatic carbocycles. The van der Waals surface area contributed by atoms with Gasteiger partial charge in [-0.2, -0.15) is 0 Å². The minimum atomic E-state index is -0.446. The molecule has 0 saturated carbocycles. The monoisotopic (exact) mass is 311 g/mol. The van der Waals surface area contributed by atoms with Gasteiger partial charge in [0.15, 0.2) is 0 Å². The molecule has 2 aromatic rings. The van der Waals surface area contributed by atoms with Crippen molar-refractivity contribution in [3.8, 4) is 0 Å². The van der Waals surface area contributed by atoms with Crippen molar-refractivity contribution in [2.24, 2.45) is 0 Å². The van der Waals surface area contributed by atoms with Gasteiger partial charge >= 0.3 is 0 Å². The van der Waals surface area contributed by atoms with Crippen molar-refractivity contribution in [2.45, 2.75) is 25.9 Å². The lowest BCUT2D eigenvalue weighted by Gasteiger charge is -2.13. The molecule has 2 heterocycles. The molecule has 90 valence electrons. The number of hydrogen-bond donors (Lipinski definition) is 1. The van der Waals surface area contributed by atoms with E-state index in [1.165, 1.54) is 4.88 Å². The number of aliphatic hydroxyl groups is 1. The average molecular weight is 312 g/mol. The first kappa shape index (κ1) is 12.7. The van der Waals surface area contributed by atoms with Gasteiger partial charge in [0.05, 0.1) is 9.89 Å². The number of pyridine rings is 1. The van der Waals surface area contributed by atoms with Gasteiger partial charge in [0.2, 0.25) is 0 Å². The van der Waals surface area contributed by atoms with E-state index in [2.05, 4.69) is 27.8 Å². The van der Waals surface area contributed by atoms with E-state index in [0.29, 0.717) is 6.42 Å². The van der Waals surface area contributed by atoms with Gasteiger partial charge in [-0.05, 0) is 51.7 Å². The number of hydrogen-bond acceptors (Lipinski definition) is 3. The summed E-state index contributed by atoms with van der Waals surface area (Å²) in [7, 11) is 0. The highest BCUT2D eigenvalue weighted by molar-refractivity contribution is 9.11. The Hall–Kier alpha value is -0.710. The Balaban J connectivity index is 2.16. The Morgan fingerprint density at radius 1 is 1.41 bits per heavy atom. The van der Waals surface area contributed by atoms with Gasteiger partial charge in [0, 0.05) is 23.7 Å². The summed E-state index contributed by atoms with van der Waals surface area (Å²) in [6, 6.07) is 5.97. The summed E-state index contributed by atoms with van der Waals surface area (Å²) in [5.74, 6) is 0. The zero-order valence-electron chi connectivity index (χ0n) is 9.56. The molecule has 0 spiro atoms. The van der Waals surface area contributed by atoms with Gasteiger partial charge < -0.3 is 5.11 Å². The lowest BCUT2D eigenvalue weighted by atomic mass is 10.0. The summed E-state index contributed by atoms with van der Waals surface area (Å²) in [6.07, 6.45) is 4.69. The van der Waals surface area contributed by atoms with Crippen LogP contribution in [0.15, 0.2) is 34.4 Å². The highest BCUT2D eigenvalue weighted by atomic mass is 79.9. The highest BCUT2D eigenvalue weighted by Gasteiger charge is 2.13. The van der Waals surface area contributed by atoms with Crippen LogP contribution >= 0.6 is 27.3 Å². The predicted molar refractivity (Wildman–Crippen MR) is 74.3 cm³/mol. The smallest absolute Gasteiger partial charge is 0.0842 e. The minimum Gasteiger partial charge on any atom is -0.388 e. The van der Waals surface area contributed by atoms with E-state index in [0.717, 1.165) is 21.3 Å².